The van der Waals surface area contributed by atoms with Crippen LogP contribution in [0.4, 0.5) is 0 Å². The number of piperidine rings is 2. The summed E-state index contributed by atoms with van der Waals surface area (Å²) in [6, 6.07) is 8.50. The third kappa shape index (κ3) is 4.11. The van der Waals surface area contributed by atoms with E-state index in [2.05, 4.69) is 41.8 Å². The molecule has 0 radical (unpaired) electrons. The van der Waals surface area contributed by atoms with Crippen molar-refractivity contribution in [2.24, 2.45) is 5.41 Å². The number of thiophene rings is 1. The van der Waals surface area contributed by atoms with E-state index in [0.717, 1.165) is 70.0 Å². The van der Waals surface area contributed by atoms with Crippen LogP contribution in [-0.4, -0.2) is 54.0 Å². The maximum Gasteiger partial charge on any atom is 0.231 e. The Bertz CT molecular complexity index is 904. The number of aliphatic hydroxyl groups is 1. The summed E-state index contributed by atoms with van der Waals surface area (Å²) in [7, 11) is 0. The zero-order valence-corrected chi connectivity index (χ0v) is 18.8. The van der Waals surface area contributed by atoms with E-state index in [1.165, 1.54) is 20.9 Å². The Hall–Kier alpha value is -1.60. The number of hydrogen-bond donors (Lipinski definition) is 1. The van der Waals surface area contributed by atoms with Crippen LogP contribution in [0.15, 0.2) is 24.3 Å². The number of rotatable bonds is 4. The molecule has 1 N–H and O–H groups in total. The van der Waals surface area contributed by atoms with Crippen molar-refractivity contribution >= 4 is 11.3 Å². The topological polar surface area (TPSA) is 45.2 Å². The van der Waals surface area contributed by atoms with Crippen LogP contribution in [0.3, 0.4) is 0 Å². The molecule has 2 saturated heterocycles. The molecular formula is C24H32N2O3S. The van der Waals surface area contributed by atoms with Gasteiger partial charge in [0, 0.05) is 41.5 Å². The zero-order valence-electron chi connectivity index (χ0n) is 18.0. The number of fused-ring (bicyclic) bond motifs is 1. The highest BCUT2D eigenvalue weighted by atomic mass is 32.1. The Morgan fingerprint density at radius 3 is 2.67 bits per heavy atom. The Morgan fingerprint density at radius 2 is 1.90 bits per heavy atom. The Balaban J connectivity index is 1.22. The predicted molar refractivity (Wildman–Crippen MR) is 119 cm³/mol. The number of β-amino-alcohol motifs (C(OH)–C–C–N with tert-alkyl or cyclic N) is 1. The molecule has 30 heavy (non-hydrogen) atoms. The van der Waals surface area contributed by atoms with Crippen molar-refractivity contribution in [2.75, 3.05) is 33.0 Å². The number of benzene rings is 1. The van der Waals surface area contributed by atoms with Crippen molar-refractivity contribution in [3.8, 4) is 11.5 Å². The van der Waals surface area contributed by atoms with E-state index in [1.54, 1.807) is 0 Å². The predicted octanol–water partition coefficient (Wildman–Crippen LogP) is 3.94. The molecule has 1 aromatic carbocycles. The average molecular weight is 429 g/mol. The van der Waals surface area contributed by atoms with Gasteiger partial charge < -0.3 is 14.6 Å². The molecule has 162 valence electrons. The van der Waals surface area contributed by atoms with Gasteiger partial charge in [-0.3, -0.25) is 9.80 Å². The number of aliphatic hydroxyl groups excluding tert-OH is 1. The van der Waals surface area contributed by atoms with E-state index in [4.69, 9.17) is 9.47 Å². The summed E-state index contributed by atoms with van der Waals surface area (Å²) in [5.41, 5.74) is 2.89. The second-order valence-corrected chi connectivity index (χ2v) is 10.9. The van der Waals surface area contributed by atoms with E-state index < -0.39 is 0 Å². The minimum atomic E-state index is -0.215. The number of hydrogen-bond acceptors (Lipinski definition) is 6. The van der Waals surface area contributed by atoms with Gasteiger partial charge in [-0.15, -0.1) is 11.3 Å². The minimum absolute atomic E-state index is 0.215. The number of ether oxygens (including phenoxy) is 2. The maximum atomic E-state index is 10.7. The molecule has 1 unspecified atom stereocenters. The van der Waals surface area contributed by atoms with Crippen molar-refractivity contribution < 1.29 is 14.6 Å². The van der Waals surface area contributed by atoms with Crippen molar-refractivity contribution in [2.45, 2.75) is 52.3 Å². The van der Waals surface area contributed by atoms with Crippen LogP contribution in [0.25, 0.3) is 0 Å². The number of para-hydroxylation sites is 1. The maximum absolute atomic E-state index is 10.7. The molecule has 1 atom stereocenters. The fourth-order valence-corrected chi connectivity index (χ4v) is 6.51. The minimum Gasteiger partial charge on any atom is -0.454 e. The number of nitrogens with zero attached hydrogens (tertiary/aromatic N) is 2. The highest BCUT2D eigenvalue weighted by molar-refractivity contribution is 7.12. The van der Waals surface area contributed by atoms with Crippen LogP contribution in [0.2, 0.25) is 0 Å². The first kappa shape index (κ1) is 20.3. The molecule has 1 aromatic heterocycles. The van der Waals surface area contributed by atoms with Gasteiger partial charge in [0.05, 0.1) is 6.10 Å². The first-order valence-corrected chi connectivity index (χ1v) is 11.9. The second-order valence-electron chi connectivity index (χ2n) is 9.39. The second kappa shape index (κ2) is 8.15. The molecule has 5 rings (SSSR count). The van der Waals surface area contributed by atoms with E-state index in [9.17, 15) is 5.11 Å². The third-order valence-corrected chi connectivity index (χ3v) is 8.03. The lowest BCUT2D eigenvalue weighted by Crippen LogP contribution is -2.53. The summed E-state index contributed by atoms with van der Waals surface area (Å²) >= 11 is 1.88. The number of aryl methyl sites for hydroxylation is 2. The van der Waals surface area contributed by atoms with Crippen LogP contribution in [0, 0.1) is 19.3 Å². The van der Waals surface area contributed by atoms with Gasteiger partial charge in [-0.05, 0) is 69.3 Å². The van der Waals surface area contributed by atoms with Gasteiger partial charge in [0.2, 0.25) is 6.79 Å². The zero-order chi connectivity index (χ0) is 20.7. The van der Waals surface area contributed by atoms with Crippen molar-refractivity contribution in [3.05, 3.63) is 45.1 Å². The van der Waals surface area contributed by atoms with E-state index >= 15 is 0 Å². The molecule has 5 nitrogen and oxygen atoms in total. The standard InChI is InChI=1S/C24H32N2O3S/c1-17-10-20(18(2)30-17)13-26-14-21(27)11-24(15-26)6-8-25(9-7-24)12-19-4-3-5-22-23(19)29-16-28-22/h3-5,10,21,27H,6-9,11-16H2,1-2H3. The quantitative estimate of drug-likeness (QED) is 0.799. The summed E-state index contributed by atoms with van der Waals surface area (Å²) in [4.78, 5) is 7.82. The van der Waals surface area contributed by atoms with Gasteiger partial charge in [-0.2, -0.15) is 0 Å². The Morgan fingerprint density at radius 1 is 1.10 bits per heavy atom. The summed E-state index contributed by atoms with van der Waals surface area (Å²) in [5, 5.41) is 10.7. The van der Waals surface area contributed by atoms with Gasteiger partial charge in [0.25, 0.3) is 0 Å². The Labute approximate surface area is 183 Å². The molecule has 0 amide bonds. The molecule has 0 bridgehead atoms. The molecule has 2 aromatic rings. The van der Waals surface area contributed by atoms with Gasteiger partial charge in [-0.25, -0.2) is 0 Å². The third-order valence-electron chi connectivity index (χ3n) is 7.02. The highest BCUT2D eigenvalue weighted by Gasteiger charge is 2.41. The van der Waals surface area contributed by atoms with Gasteiger partial charge in [0.15, 0.2) is 11.5 Å². The van der Waals surface area contributed by atoms with Crippen molar-refractivity contribution in [1.82, 2.24) is 9.80 Å². The van der Waals surface area contributed by atoms with Crippen molar-refractivity contribution in [1.29, 1.82) is 0 Å². The van der Waals surface area contributed by atoms with Crippen LogP contribution < -0.4 is 9.47 Å². The first-order valence-electron chi connectivity index (χ1n) is 11.1. The lowest BCUT2D eigenvalue weighted by Gasteiger charge is -2.49. The average Bonchev–Trinajstić information content (AvgIpc) is 3.30. The van der Waals surface area contributed by atoms with Gasteiger partial charge in [0.1, 0.15) is 0 Å². The molecule has 0 saturated carbocycles. The van der Waals surface area contributed by atoms with Gasteiger partial charge in [-0.1, -0.05) is 12.1 Å². The summed E-state index contributed by atoms with van der Waals surface area (Å²) < 4.78 is 11.2. The molecule has 2 fully saturated rings. The molecule has 3 aliphatic rings. The lowest BCUT2D eigenvalue weighted by molar-refractivity contribution is -0.0447. The van der Waals surface area contributed by atoms with Crippen LogP contribution in [-0.2, 0) is 13.1 Å². The molecule has 0 aliphatic carbocycles. The fraction of sp³-hybridized carbons (Fsp3) is 0.583. The monoisotopic (exact) mass is 428 g/mol. The molecular weight excluding hydrogens is 396 g/mol. The first-order chi connectivity index (χ1) is 14.5. The molecule has 4 heterocycles. The van der Waals surface area contributed by atoms with Crippen LogP contribution in [0.5, 0.6) is 11.5 Å². The summed E-state index contributed by atoms with van der Waals surface area (Å²) in [5.74, 6) is 1.78. The SMILES string of the molecule is Cc1cc(CN2CC(O)CC3(CCN(Cc4cccc5c4OCO5)CC3)C2)c(C)s1. The number of likely N-dealkylation sites (tertiary alicyclic amines) is 2. The van der Waals surface area contributed by atoms with Crippen LogP contribution >= 0.6 is 11.3 Å². The highest BCUT2D eigenvalue weighted by Crippen LogP contribution is 2.42. The summed E-state index contributed by atoms with van der Waals surface area (Å²) in [6.07, 6.45) is 3.02. The van der Waals surface area contributed by atoms with Crippen molar-refractivity contribution in [3.63, 3.8) is 0 Å². The molecule has 1 spiro atoms. The molecule has 6 heteroatoms. The van der Waals surface area contributed by atoms with Crippen LogP contribution in [0.1, 0.15) is 40.1 Å². The molecule has 3 aliphatic heterocycles. The summed E-state index contributed by atoms with van der Waals surface area (Å²) in [6.45, 7) is 10.6. The van der Waals surface area contributed by atoms with E-state index in [1.807, 2.05) is 17.4 Å². The largest absolute Gasteiger partial charge is 0.454 e. The van der Waals surface area contributed by atoms with E-state index in [0.29, 0.717) is 6.79 Å². The Kier molecular flexibility index (Phi) is 5.52. The van der Waals surface area contributed by atoms with E-state index in [-0.39, 0.29) is 11.5 Å². The smallest absolute Gasteiger partial charge is 0.231 e. The van der Waals surface area contributed by atoms with Gasteiger partial charge >= 0.3 is 0 Å². The normalized spacial score (nSPS) is 23.9. The lowest BCUT2D eigenvalue weighted by atomic mass is 9.71. The fourth-order valence-electron chi connectivity index (χ4n) is 5.57.